The highest BCUT2D eigenvalue weighted by Crippen LogP contribution is 2.42. The van der Waals surface area contributed by atoms with E-state index in [0.717, 1.165) is 6.08 Å². The number of alkyl halides is 3. The molecular weight excluding hydrogens is 495 g/mol. The quantitative estimate of drug-likeness (QED) is 0.470. The van der Waals surface area contributed by atoms with Gasteiger partial charge in [-0.25, -0.2) is 4.79 Å². The fourth-order valence-electron chi connectivity index (χ4n) is 2.33. The Hall–Kier alpha value is -2.13. The predicted octanol–water partition coefficient (Wildman–Crippen LogP) is 6.30. The maximum atomic E-state index is 12.8. The van der Waals surface area contributed by atoms with Crippen molar-refractivity contribution >= 4 is 64.7 Å². The maximum absolute atomic E-state index is 12.8. The molecule has 0 amide bonds. The zero-order chi connectivity index (χ0) is 22.8. The molecule has 1 heterocycles. The summed E-state index contributed by atoms with van der Waals surface area (Å²) in [4.78, 5) is 21.1. The van der Waals surface area contributed by atoms with Crippen LogP contribution in [0.4, 0.5) is 13.2 Å². The number of benzene rings is 2. The van der Waals surface area contributed by atoms with Gasteiger partial charge in [-0.3, -0.25) is 4.79 Å². The molecule has 3 rings (SSSR count). The number of ether oxygens (including phenoxy) is 1. The summed E-state index contributed by atoms with van der Waals surface area (Å²) in [6, 6.07) is 5.20. The lowest BCUT2D eigenvalue weighted by molar-refractivity contribution is -0.187. The Morgan fingerprint density at radius 3 is 2.13 bits per heavy atom. The molecule has 0 fully saturated rings. The highest BCUT2D eigenvalue weighted by atomic mass is 35.5. The van der Waals surface area contributed by atoms with Crippen molar-refractivity contribution in [2.24, 2.45) is 0 Å². The number of rotatable bonds is 2. The van der Waals surface area contributed by atoms with Gasteiger partial charge in [0.25, 0.3) is 0 Å². The number of carboxylic acids is 1. The second-order valence-electron chi connectivity index (χ2n) is 5.69. The van der Waals surface area contributed by atoms with Gasteiger partial charge in [-0.05, 0) is 30.3 Å². The summed E-state index contributed by atoms with van der Waals surface area (Å²) >= 11 is 22.5. The summed E-state index contributed by atoms with van der Waals surface area (Å²) in [5.74, 6) is -2.19. The van der Waals surface area contributed by atoms with Crippen LogP contribution in [0.25, 0.3) is 6.08 Å². The number of aromatic hydroxyl groups is 1. The number of carboxylic acid groups (broad SMARTS) is 1. The van der Waals surface area contributed by atoms with Crippen molar-refractivity contribution in [3.63, 3.8) is 0 Å². The molecule has 2 N–H and O–H groups in total. The summed E-state index contributed by atoms with van der Waals surface area (Å²) in [5, 5.41) is 18.4. The van der Waals surface area contributed by atoms with Gasteiger partial charge in [0.2, 0.25) is 6.10 Å². The van der Waals surface area contributed by atoms with Gasteiger partial charge in [0.15, 0.2) is 6.29 Å². The van der Waals surface area contributed by atoms with Crippen LogP contribution in [-0.4, -0.2) is 34.7 Å². The fraction of sp³-hybridized carbons (Fsp3) is 0.111. The zero-order valence-electron chi connectivity index (χ0n) is 14.3. The molecule has 0 spiro atoms. The van der Waals surface area contributed by atoms with E-state index in [2.05, 4.69) is 0 Å². The van der Waals surface area contributed by atoms with Crippen LogP contribution in [0.2, 0.25) is 20.1 Å². The summed E-state index contributed by atoms with van der Waals surface area (Å²) < 4.78 is 43.0. The molecule has 30 heavy (non-hydrogen) atoms. The van der Waals surface area contributed by atoms with E-state index in [9.17, 15) is 22.8 Å². The van der Waals surface area contributed by atoms with E-state index in [1.165, 1.54) is 24.3 Å². The fourth-order valence-corrected chi connectivity index (χ4v) is 3.39. The minimum Gasteiger partial charge on any atom is -0.506 e. The summed E-state index contributed by atoms with van der Waals surface area (Å²) in [6.07, 6.45) is -6.06. The maximum Gasteiger partial charge on any atom is 0.430 e. The summed E-state index contributed by atoms with van der Waals surface area (Å²) in [5.41, 5.74) is -0.726. The predicted molar refractivity (Wildman–Crippen MR) is 106 cm³/mol. The van der Waals surface area contributed by atoms with Gasteiger partial charge < -0.3 is 14.9 Å². The van der Waals surface area contributed by atoms with Crippen LogP contribution >= 0.6 is 46.4 Å². The third-order valence-electron chi connectivity index (χ3n) is 3.60. The molecule has 1 aliphatic rings. The van der Waals surface area contributed by atoms with Gasteiger partial charge in [0, 0.05) is 15.6 Å². The van der Waals surface area contributed by atoms with Crippen LogP contribution < -0.4 is 4.74 Å². The van der Waals surface area contributed by atoms with Crippen LogP contribution in [0.3, 0.4) is 0 Å². The van der Waals surface area contributed by atoms with Gasteiger partial charge in [0.05, 0.1) is 21.2 Å². The first kappa shape index (κ1) is 24.1. The average Bonchev–Trinajstić information content (AvgIpc) is 2.63. The Bertz CT molecular complexity index is 1040. The Kier molecular flexibility index (Phi) is 7.52. The van der Waals surface area contributed by atoms with Gasteiger partial charge in [-0.15, -0.1) is 0 Å². The van der Waals surface area contributed by atoms with E-state index >= 15 is 0 Å². The van der Waals surface area contributed by atoms with Crippen LogP contribution in [0.5, 0.6) is 11.5 Å². The van der Waals surface area contributed by atoms with Crippen molar-refractivity contribution < 1.29 is 37.7 Å². The molecule has 0 bridgehead atoms. The van der Waals surface area contributed by atoms with E-state index in [-0.39, 0.29) is 37.7 Å². The molecule has 1 atom stereocenters. The first-order valence-electron chi connectivity index (χ1n) is 7.65. The van der Waals surface area contributed by atoms with Crippen LogP contribution in [0.1, 0.15) is 15.9 Å². The third-order valence-corrected chi connectivity index (χ3v) is 4.60. The number of aliphatic carboxylic acids is 1. The molecule has 160 valence electrons. The molecule has 0 saturated heterocycles. The van der Waals surface area contributed by atoms with E-state index in [1.54, 1.807) is 0 Å². The van der Waals surface area contributed by atoms with Crippen molar-refractivity contribution in [3.8, 4) is 11.5 Å². The number of carbonyl (C=O) groups excluding carboxylic acids is 1. The third kappa shape index (κ3) is 5.51. The summed E-state index contributed by atoms with van der Waals surface area (Å²) in [6.45, 7) is 0. The highest BCUT2D eigenvalue weighted by molar-refractivity contribution is 6.36. The Morgan fingerprint density at radius 1 is 1.03 bits per heavy atom. The lowest BCUT2D eigenvalue weighted by Crippen LogP contribution is -2.40. The van der Waals surface area contributed by atoms with Crippen LogP contribution in [0.15, 0.2) is 29.8 Å². The van der Waals surface area contributed by atoms with E-state index in [1.807, 2.05) is 0 Å². The second-order valence-corrected chi connectivity index (χ2v) is 7.38. The molecule has 1 aliphatic heterocycles. The number of phenols is 1. The molecule has 0 aromatic heterocycles. The number of hydrogen-bond donors (Lipinski definition) is 2. The van der Waals surface area contributed by atoms with E-state index < -0.39 is 23.8 Å². The number of fused-ring (bicyclic) bond motifs is 1. The van der Waals surface area contributed by atoms with Gasteiger partial charge in [-0.1, -0.05) is 46.4 Å². The molecular formula is C18H9Cl4F3O5. The van der Waals surface area contributed by atoms with Crippen molar-refractivity contribution in [1.29, 1.82) is 0 Å². The van der Waals surface area contributed by atoms with Crippen molar-refractivity contribution in [3.05, 3.63) is 61.1 Å². The zero-order valence-corrected chi connectivity index (χ0v) is 17.3. The Balaban J connectivity index is 0.000000248. The minimum absolute atomic E-state index is 0.0830. The number of hydrogen-bond acceptors (Lipinski definition) is 4. The smallest absolute Gasteiger partial charge is 0.430 e. The van der Waals surface area contributed by atoms with Crippen LogP contribution in [0, 0.1) is 0 Å². The topological polar surface area (TPSA) is 83.8 Å². The highest BCUT2D eigenvalue weighted by Gasteiger charge is 2.48. The van der Waals surface area contributed by atoms with E-state index in [4.69, 9.17) is 61.4 Å². The van der Waals surface area contributed by atoms with E-state index in [0.29, 0.717) is 11.3 Å². The van der Waals surface area contributed by atoms with Crippen LogP contribution in [-0.2, 0) is 4.79 Å². The first-order valence-corrected chi connectivity index (χ1v) is 9.16. The first-order chi connectivity index (χ1) is 13.8. The number of carbonyl (C=O) groups is 2. The Labute approximate surface area is 187 Å². The van der Waals surface area contributed by atoms with Crippen molar-refractivity contribution in [2.45, 2.75) is 12.3 Å². The largest absolute Gasteiger partial charge is 0.506 e. The molecule has 5 nitrogen and oxygen atoms in total. The summed E-state index contributed by atoms with van der Waals surface area (Å²) in [7, 11) is 0. The number of phenolic OH excluding ortho intramolecular Hbond substituents is 1. The Morgan fingerprint density at radius 2 is 1.60 bits per heavy atom. The molecule has 2 aromatic carbocycles. The van der Waals surface area contributed by atoms with Gasteiger partial charge in [-0.2, -0.15) is 13.2 Å². The normalized spacial score (nSPS) is 15.2. The minimum atomic E-state index is -4.86. The lowest BCUT2D eigenvalue weighted by atomic mass is 10.0. The molecule has 0 aliphatic carbocycles. The lowest BCUT2D eigenvalue weighted by Gasteiger charge is -2.27. The molecule has 0 saturated carbocycles. The average molecular weight is 504 g/mol. The SMILES string of the molecule is O=C(O)C1=Cc2cc(Cl)cc(Cl)c2OC1C(F)(F)F.O=Cc1cc(Cl)cc(Cl)c1O. The molecule has 2 aromatic rings. The van der Waals surface area contributed by atoms with Gasteiger partial charge >= 0.3 is 12.1 Å². The number of halogens is 7. The number of aldehydes is 1. The van der Waals surface area contributed by atoms with Gasteiger partial charge in [0.1, 0.15) is 11.5 Å². The standard InChI is InChI=1S/C11H5Cl2F3O3.C7H4Cl2O2/c12-5-1-4-2-6(10(17)18)9(11(14,15)16)19-8(4)7(13)3-5;8-5-1-4(3-10)7(11)6(9)2-5/h1-3,9H,(H,17,18);1-3,11H. The molecule has 1 unspecified atom stereocenters. The molecule has 12 heteroatoms. The monoisotopic (exact) mass is 502 g/mol. The molecule has 0 radical (unpaired) electrons. The van der Waals surface area contributed by atoms with Crippen molar-refractivity contribution in [1.82, 2.24) is 0 Å². The van der Waals surface area contributed by atoms with Crippen molar-refractivity contribution in [2.75, 3.05) is 0 Å². The second kappa shape index (κ2) is 9.34.